The number of carbonyl (C=O) groups excluding carboxylic acids is 2. The summed E-state index contributed by atoms with van der Waals surface area (Å²) in [6, 6.07) is 10.2. The lowest BCUT2D eigenvalue weighted by molar-refractivity contribution is -0.359. The van der Waals surface area contributed by atoms with Crippen LogP contribution in [0, 0.1) is 5.92 Å². The molecule has 1 atom stereocenters. The lowest BCUT2D eigenvalue weighted by Gasteiger charge is -2.27. The molecule has 204 valence electrons. The molecule has 0 aliphatic rings. The van der Waals surface area contributed by atoms with E-state index in [1.165, 1.54) is 12.1 Å². The number of hydrogen-bond acceptors (Lipinski definition) is 5. The second-order valence-electron chi connectivity index (χ2n) is 8.30. The van der Waals surface area contributed by atoms with Gasteiger partial charge in [0.1, 0.15) is 11.5 Å². The normalized spacial score (nSPS) is 13.1. The number of esters is 2. The summed E-state index contributed by atoms with van der Waals surface area (Å²) < 4.78 is 103. The summed E-state index contributed by atoms with van der Waals surface area (Å²) in [6.45, 7) is 2.32. The molecule has 0 aliphatic carbocycles. The molecule has 37 heavy (non-hydrogen) atoms. The number of hydrogen-bond donors (Lipinski definition) is 0. The van der Waals surface area contributed by atoms with E-state index >= 15 is 0 Å². The van der Waals surface area contributed by atoms with Crippen molar-refractivity contribution in [3.05, 3.63) is 59.7 Å². The van der Waals surface area contributed by atoms with Crippen molar-refractivity contribution in [2.24, 2.45) is 5.92 Å². The van der Waals surface area contributed by atoms with E-state index in [2.05, 4.69) is 18.6 Å². The zero-order valence-electron chi connectivity index (χ0n) is 19.9. The summed E-state index contributed by atoms with van der Waals surface area (Å²) in [6.07, 6.45) is -3.51. The zero-order valence-corrected chi connectivity index (χ0v) is 19.9. The Hall–Kier alpha value is -3.31. The molecule has 0 bridgehead atoms. The summed E-state index contributed by atoms with van der Waals surface area (Å²) in [5, 5.41) is 0. The van der Waals surface area contributed by atoms with Gasteiger partial charge in [-0.15, -0.1) is 0 Å². The first-order valence-corrected chi connectivity index (χ1v) is 11.2. The predicted octanol–water partition coefficient (Wildman–Crippen LogP) is 7.10. The molecule has 12 heteroatoms. The van der Waals surface area contributed by atoms with Crippen molar-refractivity contribution in [3.8, 4) is 11.5 Å². The fraction of sp³-hybridized carbons (Fsp3) is 0.440. The number of carbonyl (C=O) groups is 2. The fourth-order valence-electron chi connectivity index (χ4n) is 2.88. The number of halogens is 7. The number of ether oxygens (including phenoxy) is 3. The molecule has 0 heterocycles. The highest BCUT2D eigenvalue weighted by molar-refractivity contribution is 5.92. The van der Waals surface area contributed by atoms with Gasteiger partial charge < -0.3 is 14.2 Å². The third kappa shape index (κ3) is 8.09. The number of alkyl halides is 7. The average molecular weight is 538 g/mol. The summed E-state index contributed by atoms with van der Waals surface area (Å²) in [5.41, 5.74) is -0.260. The largest absolute Gasteiger partial charge is 0.494 e. The van der Waals surface area contributed by atoms with Crippen LogP contribution in [-0.4, -0.2) is 43.2 Å². The molecule has 2 aromatic carbocycles. The maximum absolute atomic E-state index is 13.3. The van der Waals surface area contributed by atoms with E-state index in [1.807, 2.05) is 0 Å². The second kappa shape index (κ2) is 12.3. The Labute approximate surface area is 208 Å². The van der Waals surface area contributed by atoms with Gasteiger partial charge in [-0.3, -0.25) is 0 Å². The molecule has 0 aliphatic heterocycles. The van der Waals surface area contributed by atoms with Gasteiger partial charge in [0.05, 0.1) is 17.7 Å². The van der Waals surface area contributed by atoms with E-state index in [0.29, 0.717) is 18.3 Å². The van der Waals surface area contributed by atoms with Gasteiger partial charge in [0, 0.05) is 0 Å². The molecule has 0 spiro atoms. The molecular formula is C25H25F7O5. The molecule has 0 fully saturated rings. The third-order valence-corrected chi connectivity index (χ3v) is 5.40. The second-order valence-corrected chi connectivity index (χ2v) is 8.30. The lowest BCUT2D eigenvalue weighted by Crippen LogP contribution is -2.54. The minimum Gasteiger partial charge on any atom is -0.494 e. The minimum atomic E-state index is -6.53. The highest BCUT2D eigenvalue weighted by Gasteiger charge is 2.73. The quantitative estimate of drug-likeness (QED) is 0.125. The van der Waals surface area contributed by atoms with Crippen molar-refractivity contribution in [1.29, 1.82) is 0 Å². The lowest BCUT2D eigenvalue weighted by atomic mass is 10.0. The van der Waals surface area contributed by atoms with Crippen LogP contribution < -0.4 is 9.47 Å². The molecule has 0 radical (unpaired) electrons. The first-order chi connectivity index (χ1) is 17.2. The Morgan fingerprint density at radius 3 is 1.84 bits per heavy atom. The van der Waals surface area contributed by atoms with Crippen molar-refractivity contribution in [2.75, 3.05) is 13.2 Å². The van der Waals surface area contributed by atoms with E-state index in [0.717, 1.165) is 43.5 Å². The first-order valence-electron chi connectivity index (χ1n) is 11.2. The predicted molar refractivity (Wildman–Crippen MR) is 118 cm³/mol. The van der Waals surface area contributed by atoms with Crippen molar-refractivity contribution >= 4 is 11.9 Å². The number of rotatable bonds is 12. The highest BCUT2D eigenvalue weighted by atomic mass is 19.4. The van der Waals surface area contributed by atoms with E-state index in [-0.39, 0.29) is 11.3 Å². The Balaban J connectivity index is 1.89. The molecule has 2 aromatic rings. The van der Waals surface area contributed by atoms with Gasteiger partial charge in [0.25, 0.3) is 0 Å². The average Bonchev–Trinajstić information content (AvgIpc) is 2.85. The molecule has 0 saturated heterocycles. The Morgan fingerprint density at radius 2 is 1.32 bits per heavy atom. The molecule has 0 unspecified atom stereocenters. The first kappa shape index (κ1) is 29.9. The van der Waals surface area contributed by atoms with Gasteiger partial charge in [0.2, 0.25) is 0 Å². The van der Waals surface area contributed by atoms with Crippen LogP contribution >= 0.6 is 0 Å². The van der Waals surface area contributed by atoms with Gasteiger partial charge >= 0.3 is 30.0 Å². The van der Waals surface area contributed by atoms with Gasteiger partial charge in [-0.25, -0.2) is 9.59 Å². The van der Waals surface area contributed by atoms with Crippen LogP contribution in [0.15, 0.2) is 48.5 Å². The monoisotopic (exact) mass is 538 g/mol. The third-order valence-electron chi connectivity index (χ3n) is 5.40. The summed E-state index contributed by atoms with van der Waals surface area (Å²) in [5.74, 6) is -13.3. The van der Waals surface area contributed by atoms with E-state index in [1.54, 1.807) is 12.1 Å². The van der Waals surface area contributed by atoms with Crippen LogP contribution in [0.3, 0.4) is 0 Å². The van der Waals surface area contributed by atoms with Crippen molar-refractivity contribution in [1.82, 2.24) is 0 Å². The molecule has 0 saturated carbocycles. The maximum Gasteiger partial charge on any atom is 0.460 e. The van der Waals surface area contributed by atoms with E-state index in [4.69, 9.17) is 9.47 Å². The molecular weight excluding hydrogens is 513 g/mol. The fourth-order valence-corrected chi connectivity index (χ4v) is 2.88. The van der Waals surface area contributed by atoms with Crippen LogP contribution in [0.5, 0.6) is 11.5 Å². The van der Waals surface area contributed by atoms with Crippen LogP contribution in [0.1, 0.15) is 53.8 Å². The Bertz CT molecular complexity index is 1030. The molecule has 0 amide bonds. The summed E-state index contributed by atoms with van der Waals surface area (Å²) in [4.78, 5) is 24.1. The van der Waals surface area contributed by atoms with E-state index in [9.17, 15) is 40.3 Å². The van der Waals surface area contributed by atoms with Crippen LogP contribution in [-0.2, 0) is 4.74 Å². The van der Waals surface area contributed by atoms with Crippen LogP contribution in [0.2, 0.25) is 0 Å². The standard InChI is InChI=1S/C25H25F7O5/c1-3-16(2)5-4-14-35-19-10-6-18(7-11-19)22(34)37-20-12-8-17(9-13-20)21(33)36-15-23(26,27)24(28,29)25(30,31)32/h6-13,16H,3-5,14-15H2,1-2H3/t16-/m0/s1. The van der Waals surface area contributed by atoms with Crippen LogP contribution in [0.25, 0.3) is 0 Å². The minimum absolute atomic E-state index is 0.0548. The smallest absolute Gasteiger partial charge is 0.460 e. The highest BCUT2D eigenvalue weighted by Crippen LogP contribution is 2.46. The van der Waals surface area contributed by atoms with Gasteiger partial charge in [-0.2, -0.15) is 30.7 Å². The molecule has 0 N–H and O–H groups in total. The Morgan fingerprint density at radius 1 is 0.811 bits per heavy atom. The topological polar surface area (TPSA) is 61.8 Å². The van der Waals surface area contributed by atoms with Gasteiger partial charge in [-0.1, -0.05) is 20.3 Å². The van der Waals surface area contributed by atoms with Crippen LogP contribution in [0.4, 0.5) is 30.7 Å². The summed E-state index contributed by atoms with van der Waals surface area (Å²) >= 11 is 0. The maximum atomic E-state index is 13.3. The van der Waals surface area contributed by atoms with Gasteiger partial charge in [-0.05, 0) is 67.3 Å². The SMILES string of the molecule is CC[C@H](C)CCCOc1ccc(C(=O)Oc2ccc(C(=O)OCC(F)(F)C(F)(F)C(F)(F)F)cc2)cc1. The van der Waals surface area contributed by atoms with E-state index < -0.39 is 42.1 Å². The van der Waals surface area contributed by atoms with Crippen molar-refractivity contribution in [2.45, 2.75) is 51.1 Å². The summed E-state index contributed by atoms with van der Waals surface area (Å²) in [7, 11) is 0. The zero-order chi connectivity index (χ0) is 27.9. The molecule has 0 aromatic heterocycles. The molecule has 5 nitrogen and oxygen atoms in total. The molecule has 2 rings (SSSR count). The van der Waals surface area contributed by atoms with Crippen molar-refractivity contribution < 1.29 is 54.5 Å². The number of benzene rings is 2. The van der Waals surface area contributed by atoms with Gasteiger partial charge in [0.15, 0.2) is 6.61 Å². The van der Waals surface area contributed by atoms with Crippen molar-refractivity contribution in [3.63, 3.8) is 0 Å². The Kier molecular flexibility index (Phi) is 9.93.